The van der Waals surface area contributed by atoms with Crippen LogP contribution in [0.5, 0.6) is 0 Å². The van der Waals surface area contributed by atoms with E-state index in [1.165, 1.54) is 68.7 Å². The van der Waals surface area contributed by atoms with Crippen molar-refractivity contribution in [2.24, 2.45) is 17.8 Å². The second-order valence-electron chi connectivity index (χ2n) is 18.7. The summed E-state index contributed by atoms with van der Waals surface area (Å²) >= 11 is 0. The summed E-state index contributed by atoms with van der Waals surface area (Å²) in [5.74, 6) is -5.51. The zero-order chi connectivity index (χ0) is 47.4. The van der Waals surface area contributed by atoms with Gasteiger partial charge >= 0.3 is 0 Å². The molecule has 350 valence electrons. The van der Waals surface area contributed by atoms with Crippen molar-refractivity contribution >= 4 is 47.3 Å². The normalized spacial score (nSPS) is 27.2. The summed E-state index contributed by atoms with van der Waals surface area (Å²) in [7, 11) is 7.14. The van der Waals surface area contributed by atoms with Gasteiger partial charge in [-0.2, -0.15) is 0 Å². The lowest BCUT2D eigenvalue weighted by atomic mass is 9.94. The molecule has 9 atom stereocenters. The maximum Gasteiger partial charge on any atom is 0.248 e. The van der Waals surface area contributed by atoms with Gasteiger partial charge in [0, 0.05) is 47.7 Å². The van der Waals surface area contributed by atoms with Gasteiger partial charge in [0.1, 0.15) is 36.3 Å². The fourth-order valence-corrected chi connectivity index (χ4v) is 7.10. The van der Waals surface area contributed by atoms with Crippen LogP contribution in [0.25, 0.3) is 0 Å². The van der Waals surface area contributed by atoms with Gasteiger partial charge in [0.05, 0.1) is 24.9 Å². The number of amides is 8. The number of aliphatic hydroxyl groups excluding tert-OH is 1. The first-order valence-corrected chi connectivity index (χ1v) is 21.5. The van der Waals surface area contributed by atoms with E-state index in [0.29, 0.717) is 6.42 Å². The quantitative estimate of drug-likeness (QED) is 0.258. The Hall–Kier alpha value is -4.32. The van der Waals surface area contributed by atoms with Crippen LogP contribution in [0, 0.1) is 17.8 Å². The average molecular weight is 867 g/mol. The Morgan fingerprint density at radius 3 is 1.70 bits per heavy atom. The van der Waals surface area contributed by atoms with Crippen molar-refractivity contribution in [2.45, 2.75) is 163 Å². The molecule has 18 nitrogen and oxygen atoms in total. The van der Waals surface area contributed by atoms with Gasteiger partial charge in [0.15, 0.2) is 0 Å². The summed E-state index contributed by atoms with van der Waals surface area (Å²) in [6.07, 6.45) is -0.704. The molecule has 1 aliphatic heterocycles. The van der Waals surface area contributed by atoms with Crippen LogP contribution in [0.1, 0.15) is 109 Å². The molecule has 4 N–H and O–H groups in total. The van der Waals surface area contributed by atoms with E-state index in [-0.39, 0.29) is 43.6 Å². The predicted octanol–water partition coefficient (Wildman–Crippen LogP) is 0.985. The average Bonchev–Trinajstić information content (AvgIpc) is 3.15. The molecule has 0 unspecified atom stereocenters. The molecule has 8 amide bonds. The third-order valence-electron chi connectivity index (χ3n) is 11.1. The number of carbonyl (C=O) groups is 8. The lowest BCUT2D eigenvalue weighted by Gasteiger charge is -2.38. The van der Waals surface area contributed by atoms with Crippen LogP contribution in [0.4, 0.5) is 0 Å². The molecule has 0 spiro atoms. The largest absolute Gasteiger partial charge is 0.391 e. The van der Waals surface area contributed by atoms with Gasteiger partial charge in [-0.05, 0) is 72.1 Å². The first-order valence-electron chi connectivity index (χ1n) is 21.5. The lowest BCUT2D eigenvalue weighted by molar-refractivity contribution is -0.152. The molecule has 61 heavy (non-hydrogen) atoms. The van der Waals surface area contributed by atoms with E-state index in [2.05, 4.69) is 16.0 Å². The van der Waals surface area contributed by atoms with E-state index in [9.17, 15) is 43.5 Å². The number of ether oxygens (including phenoxy) is 1. The van der Waals surface area contributed by atoms with Gasteiger partial charge < -0.3 is 50.3 Å². The Morgan fingerprint density at radius 1 is 0.689 bits per heavy atom. The lowest BCUT2D eigenvalue weighted by Crippen LogP contribution is -2.61. The Balaban J connectivity index is 3.95. The minimum Gasteiger partial charge on any atom is -0.391 e. The number of nitrogens with zero attached hydrogens (tertiary/aromatic N) is 5. The van der Waals surface area contributed by atoms with E-state index < -0.39 is 108 Å². The first-order chi connectivity index (χ1) is 28.0. The highest BCUT2D eigenvalue weighted by Gasteiger charge is 2.41. The Bertz CT molecular complexity index is 1550. The molecule has 18 heteroatoms. The van der Waals surface area contributed by atoms with Gasteiger partial charge in [0.2, 0.25) is 47.3 Å². The topological polar surface area (TPSA) is 218 Å². The second-order valence-corrected chi connectivity index (χ2v) is 18.7. The monoisotopic (exact) mass is 867 g/mol. The van der Waals surface area contributed by atoms with Crippen molar-refractivity contribution in [2.75, 3.05) is 48.4 Å². The van der Waals surface area contributed by atoms with Crippen LogP contribution in [-0.4, -0.2) is 179 Å². The Labute approximate surface area is 364 Å². The molecule has 0 radical (unpaired) electrons. The highest BCUT2D eigenvalue weighted by molar-refractivity contribution is 5.97. The minimum atomic E-state index is -1.52. The maximum absolute atomic E-state index is 14.5. The minimum absolute atomic E-state index is 0.0804. The molecule has 0 aromatic heterocycles. The van der Waals surface area contributed by atoms with E-state index in [1.54, 1.807) is 27.7 Å². The van der Waals surface area contributed by atoms with Gasteiger partial charge in [0.25, 0.3) is 0 Å². The molecular formula is C43H78N8O10. The van der Waals surface area contributed by atoms with E-state index in [1.807, 2.05) is 41.5 Å². The summed E-state index contributed by atoms with van der Waals surface area (Å²) in [6.45, 7) is 20.1. The summed E-state index contributed by atoms with van der Waals surface area (Å²) in [5.41, 5.74) is -0.734. The summed E-state index contributed by atoms with van der Waals surface area (Å²) in [6, 6.07) is -7.76. The maximum atomic E-state index is 14.5. The van der Waals surface area contributed by atoms with Crippen molar-refractivity contribution in [3.05, 3.63) is 0 Å². The van der Waals surface area contributed by atoms with Gasteiger partial charge in [-0.15, -0.1) is 0 Å². The predicted molar refractivity (Wildman–Crippen MR) is 231 cm³/mol. The molecule has 0 aromatic carbocycles. The van der Waals surface area contributed by atoms with E-state index in [4.69, 9.17) is 4.74 Å². The summed E-state index contributed by atoms with van der Waals surface area (Å²) in [5, 5.41) is 18.9. The Morgan fingerprint density at radius 2 is 1.21 bits per heavy atom. The first kappa shape index (κ1) is 54.7. The third kappa shape index (κ3) is 16.1. The molecule has 0 saturated carbocycles. The molecule has 1 saturated heterocycles. The number of aliphatic hydroxyl groups is 1. The molecule has 1 heterocycles. The smallest absolute Gasteiger partial charge is 0.248 e. The van der Waals surface area contributed by atoms with Gasteiger partial charge in [-0.3, -0.25) is 38.4 Å². The highest BCUT2D eigenvalue weighted by Crippen LogP contribution is 2.22. The molecule has 0 aliphatic carbocycles. The zero-order valence-corrected chi connectivity index (χ0v) is 40.0. The number of hydrogen-bond acceptors (Lipinski definition) is 10. The second kappa shape index (κ2) is 23.8. The van der Waals surface area contributed by atoms with E-state index >= 15 is 0 Å². The Kier molecular flexibility index (Phi) is 21.3. The summed E-state index contributed by atoms with van der Waals surface area (Å²) in [4.78, 5) is 118. The van der Waals surface area contributed by atoms with Crippen LogP contribution in [0.3, 0.4) is 0 Å². The zero-order valence-electron chi connectivity index (χ0n) is 40.0. The van der Waals surface area contributed by atoms with Crippen molar-refractivity contribution in [1.82, 2.24) is 40.4 Å². The molecule has 0 aromatic rings. The standard InChI is InChI=1S/C43H78N8O10/c1-18-26(6)36-38(56)44-27(7)21-34(54)48(14)28(8)39(57)49(15)31(19-24(2)3)37(55)46-35(29(9)52)42(60)47(13)22-33(53)45-30(23-61-43(10,11)12)40(58)50(16)32(20-25(4)5)41(59)51(36)17/h24-32,35-36,52H,18-23H2,1-17H3,(H,44,56)(H,45,53)(H,46,55)/t26-,27+,28+,29+,30-,31-,32-,35-,36-/m0/s1. The van der Waals surface area contributed by atoms with Crippen LogP contribution >= 0.6 is 0 Å². The number of likely N-dealkylation sites (N-methyl/N-ethyl adjacent to an activating group) is 5. The van der Waals surface area contributed by atoms with Crippen LogP contribution in [0.2, 0.25) is 0 Å². The summed E-state index contributed by atoms with van der Waals surface area (Å²) < 4.78 is 5.96. The van der Waals surface area contributed by atoms with Crippen LogP contribution in [0.15, 0.2) is 0 Å². The number of carbonyl (C=O) groups excluding carboxylic acids is 8. The van der Waals surface area contributed by atoms with Crippen LogP contribution in [-0.2, 0) is 43.1 Å². The van der Waals surface area contributed by atoms with E-state index in [0.717, 1.165) is 4.90 Å². The molecule has 1 fully saturated rings. The van der Waals surface area contributed by atoms with Crippen molar-refractivity contribution in [3.8, 4) is 0 Å². The van der Waals surface area contributed by atoms with Crippen molar-refractivity contribution in [3.63, 3.8) is 0 Å². The number of hydrogen-bond donors (Lipinski definition) is 4. The number of rotatable bonds is 9. The van der Waals surface area contributed by atoms with Crippen LogP contribution < -0.4 is 16.0 Å². The molecular weight excluding hydrogens is 789 g/mol. The third-order valence-corrected chi connectivity index (χ3v) is 11.1. The van der Waals surface area contributed by atoms with Gasteiger partial charge in [-0.1, -0.05) is 48.0 Å². The SMILES string of the molecule is CC[C@H](C)[C@H]1C(=O)N[C@H](C)CC(=O)N(C)[C@H](C)C(=O)N(C)[C@@H](CC(C)C)C(=O)N[C@@H]([C@@H](C)O)C(=O)N(C)CC(=O)N[C@@H](COC(C)(C)C)C(=O)N(C)[C@@H](CC(C)C)C(=O)N1C. The molecule has 0 bridgehead atoms. The molecule has 1 aliphatic rings. The molecule has 1 rings (SSSR count). The number of nitrogens with one attached hydrogen (secondary N) is 3. The highest BCUT2D eigenvalue weighted by atomic mass is 16.5. The van der Waals surface area contributed by atoms with Crippen molar-refractivity contribution in [1.29, 1.82) is 0 Å². The van der Waals surface area contributed by atoms with Gasteiger partial charge in [-0.25, -0.2) is 0 Å². The fourth-order valence-electron chi connectivity index (χ4n) is 7.10. The van der Waals surface area contributed by atoms with Crippen molar-refractivity contribution < 1.29 is 48.2 Å². The fraction of sp³-hybridized carbons (Fsp3) is 0.814.